The summed E-state index contributed by atoms with van der Waals surface area (Å²) in [6.45, 7) is 3.45. The zero-order chi connectivity index (χ0) is 24.6. The molecule has 0 unspecified atom stereocenters. The summed E-state index contributed by atoms with van der Waals surface area (Å²) in [6.07, 6.45) is 2.91. The number of aliphatic hydroxyl groups is 2. The van der Waals surface area contributed by atoms with E-state index in [-0.39, 0.29) is 24.0 Å². The van der Waals surface area contributed by atoms with Crippen molar-refractivity contribution in [2.75, 3.05) is 5.32 Å². The van der Waals surface area contributed by atoms with Gasteiger partial charge in [0.2, 0.25) is 0 Å². The van der Waals surface area contributed by atoms with Gasteiger partial charge in [0.1, 0.15) is 28.8 Å². The molecule has 6 nitrogen and oxygen atoms in total. The number of carbonyl (C=O) groups excluding carboxylic acids is 1. The quantitative estimate of drug-likeness (QED) is 0.523. The first kappa shape index (κ1) is 23.8. The van der Waals surface area contributed by atoms with E-state index >= 15 is 0 Å². The average molecular weight is 471 g/mol. The molecule has 2 aromatic heterocycles. The molecule has 1 aromatic carbocycles. The highest BCUT2D eigenvalue weighted by Gasteiger charge is 2.43. The lowest BCUT2D eigenvalue weighted by atomic mass is 9.69. The van der Waals surface area contributed by atoms with E-state index in [9.17, 15) is 28.2 Å². The Hall–Kier alpha value is -3.30. The monoisotopic (exact) mass is 471 g/mol. The molecule has 3 N–H and O–H groups in total. The van der Waals surface area contributed by atoms with Crippen molar-refractivity contribution in [1.82, 2.24) is 9.97 Å². The normalized spacial score (nSPS) is 24.6. The Kier molecular flexibility index (Phi) is 6.42. The van der Waals surface area contributed by atoms with Crippen LogP contribution in [0.2, 0.25) is 0 Å². The Morgan fingerprint density at radius 3 is 2.47 bits per heavy atom. The number of aliphatic hydroxyl groups excluding tert-OH is 1. The van der Waals surface area contributed by atoms with Crippen molar-refractivity contribution < 1.29 is 28.2 Å². The van der Waals surface area contributed by atoms with Crippen LogP contribution >= 0.6 is 0 Å². The minimum atomic E-state index is -1.22. The molecule has 0 aliphatic heterocycles. The van der Waals surface area contributed by atoms with E-state index in [0.717, 1.165) is 30.3 Å². The van der Waals surface area contributed by atoms with Crippen LogP contribution in [0.4, 0.5) is 18.9 Å². The molecular weight excluding hydrogens is 447 g/mol. The Balaban J connectivity index is 1.63. The van der Waals surface area contributed by atoms with Gasteiger partial charge in [-0.1, -0.05) is 13.0 Å². The number of nitrogens with one attached hydrogen (secondary N) is 1. The Bertz CT molecular complexity index is 1200. The first-order chi connectivity index (χ1) is 16.1. The second-order valence-electron chi connectivity index (χ2n) is 8.85. The van der Waals surface area contributed by atoms with Crippen molar-refractivity contribution in [3.8, 4) is 11.3 Å². The summed E-state index contributed by atoms with van der Waals surface area (Å²) in [5.41, 5.74) is -1.65. The molecule has 0 spiro atoms. The maximum atomic E-state index is 14.4. The van der Waals surface area contributed by atoms with Gasteiger partial charge in [-0.15, -0.1) is 0 Å². The summed E-state index contributed by atoms with van der Waals surface area (Å²) in [7, 11) is 0. The summed E-state index contributed by atoms with van der Waals surface area (Å²) in [5.74, 6) is -4.05. The highest BCUT2D eigenvalue weighted by molar-refractivity contribution is 6.03. The molecule has 34 heavy (non-hydrogen) atoms. The van der Waals surface area contributed by atoms with Crippen molar-refractivity contribution in [3.63, 3.8) is 0 Å². The van der Waals surface area contributed by atoms with Gasteiger partial charge >= 0.3 is 0 Å². The van der Waals surface area contributed by atoms with Gasteiger partial charge in [-0.3, -0.25) is 9.78 Å². The molecule has 1 aliphatic carbocycles. The van der Waals surface area contributed by atoms with Crippen LogP contribution in [-0.4, -0.2) is 37.8 Å². The number of hydrogen-bond donors (Lipinski definition) is 3. The maximum Gasteiger partial charge on any atom is 0.274 e. The first-order valence-electron chi connectivity index (χ1n) is 10.9. The summed E-state index contributed by atoms with van der Waals surface area (Å²) in [5, 5.41) is 23.6. The Morgan fingerprint density at radius 1 is 1.09 bits per heavy atom. The third kappa shape index (κ3) is 4.41. The van der Waals surface area contributed by atoms with Crippen LogP contribution in [0.3, 0.4) is 0 Å². The van der Waals surface area contributed by atoms with E-state index in [1.165, 1.54) is 6.20 Å². The number of carbonyl (C=O) groups is 1. The average Bonchev–Trinajstić information content (AvgIpc) is 2.79. The minimum absolute atomic E-state index is 0.159. The van der Waals surface area contributed by atoms with Crippen molar-refractivity contribution in [1.29, 1.82) is 0 Å². The highest BCUT2D eigenvalue weighted by Crippen LogP contribution is 2.43. The molecule has 4 atom stereocenters. The predicted octanol–water partition coefficient (Wildman–Crippen LogP) is 4.44. The maximum absolute atomic E-state index is 14.4. The summed E-state index contributed by atoms with van der Waals surface area (Å²) in [6, 6.07) is 6.87. The zero-order valence-corrected chi connectivity index (χ0v) is 18.6. The second kappa shape index (κ2) is 9.15. The molecule has 1 fully saturated rings. The largest absolute Gasteiger partial charge is 0.390 e. The van der Waals surface area contributed by atoms with E-state index in [1.54, 1.807) is 19.2 Å². The van der Waals surface area contributed by atoms with Crippen molar-refractivity contribution in [3.05, 3.63) is 77.5 Å². The van der Waals surface area contributed by atoms with Crippen LogP contribution in [0, 0.1) is 23.4 Å². The number of pyridine rings is 2. The molecule has 1 aliphatic rings. The second-order valence-corrected chi connectivity index (χ2v) is 8.85. The van der Waals surface area contributed by atoms with Gasteiger partial charge in [-0.05, 0) is 67.5 Å². The van der Waals surface area contributed by atoms with Gasteiger partial charge in [0.15, 0.2) is 0 Å². The molecule has 9 heteroatoms. The standard InChI is InChI=1S/C25H24F3N3O3/c1-13-10-14(11-21(32)25(13,2)34)15-8-9-29-12-20(15)31-24(33)19-7-6-18(28)23(30-19)22-16(26)4-3-5-17(22)27/h3-9,12-14,21,32,34H,10-11H2,1-2H3,(H,31,33)/t13-,14+,21+,25-/m1/s1. The van der Waals surface area contributed by atoms with Gasteiger partial charge in [0, 0.05) is 6.20 Å². The third-order valence-corrected chi connectivity index (χ3v) is 6.64. The van der Waals surface area contributed by atoms with Crippen LogP contribution < -0.4 is 5.32 Å². The van der Waals surface area contributed by atoms with Crippen molar-refractivity contribution >= 4 is 11.6 Å². The van der Waals surface area contributed by atoms with Crippen molar-refractivity contribution in [2.24, 2.45) is 5.92 Å². The topological polar surface area (TPSA) is 95.3 Å². The third-order valence-electron chi connectivity index (χ3n) is 6.64. The summed E-state index contributed by atoms with van der Waals surface area (Å²) in [4.78, 5) is 20.9. The number of nitrogens with zero attached hydrogens (tertiary/aromatic N) is 2. The SMILES string of the molecule is C[C@@H]1C[C@H](c2ccncc2NC(=O)c2ccc(F)c(-c3c(F)cccc3F)n2)C[C@H](O)[C@]1(C)O. The molecule has 4 rings (SSSR count). The lowest BCUT2D eigenvalue weighted by Gasteiger charge is -2.43. The molecule has 2 heterocycles. The van der Waals surface area contributed by atoms with Gasteiger partial charge < -0.3 is 15.5 Å². The molecular formula is C25H24F3N3O3. The minimum Gasteiger partial charge on any atom is -0.390 e. The van der Waals surface area contributed by atoms with Gasteiger partial charge in [0.05, 0.1) is 29.2 Å². The fourth-order valence-corrected chi connectivity index (χ4v) is 4.37. The Morgan fingerprint density at radius 2 is 1.79 bits per heavy atom. The van der Waals surface area contributed by atoms with E-state index in [2.05, 4.69) is 15.3 Å². The highest BCUT2D eigenvalue weighted by atomic mass is 19.1. The van der Waals surface area contributed by atoms with Gasteiger partial charge in [0.25, 0.3) is 5.91 Å². The molecule has 0 radical (unpaired) electrons. The predicted molar refractivity (Wildman–Crippen MR) is 120 cm³/mol. The number of aromatic nitrogens is 2. The lowest BCUT2D eigenvalue weighted by molar-refractivity contribution is -0.123. The van der Waals surface area contributed by atoms with Crippen LogP contribution in [0.25, 0.3) is 11.3 Å². The van der Waals surface area contributed by atoms with Crippen LogP contribution in [-0.2, 0) is 0 Å². The zero-order valence-electron chi connectivity index (χ0n) is 18.6. The Labute approximate surface area is 194 Å². The van der Waals surface area contributed by atoms with Crippen LogP contribution in [0.5, 0.6) is 0 Å². The summed E-state index contributed by atoms with van der Waals surface area (Å²) < 4.78 is 42.7. The number of rotatable bonds is 4. The molecule has 3 aromatic rings. The first-order valence-corrected chi connectivity index (χ1v) is 10.9. The molecule has 1 saturated carbocycles. The smallest absolute Gasteiger partial charge is 0.274 e. The number of halogens is 3. The fourth-order valence-electron chi connectivity index (χ4n) is 4.37. The van der Waals surface area contributed by atoms with E-state index < -0.39 is 46.3 Å². The molecule has 0 saturated heterocycles. The van der Waals surface area contributed by atoms with Gasteiger partial charge in [-0.25, -0.2) is 18.2 Å². The van der Waals surface area contributed by atoms with Crippen LogP contribution in [0.15, 0.2) is 48.8 Å². The number of anilines is 1. The summed E-state index contributed by atoms with van der Waals surface area (Å²) >= 11 is 0. The molecule has 1 amide bonds. The van der Waals surface area contributed by atoms with Crippen molar-refractivity contribution in [2.45, 2.75) is 44.3 Å². The van der Waals surface area contributed by atoms with E-state index in [1.807, 2.05) is 6.92 Å². The number of amides is 1. The van der Waals surface area contributed by atoms with E-state index in [0.29, 0.717) is 17.7 Å². The van der Waals surface area contributed by atoms with E-state index in [4.69, 9.17) is 0 Å². The molecule has 0 bridgehead atoms. The molecule has 178 valence electrons. The fraction of sp³-hybridized carbons (Fsp3) is 0.320. The number of hydrogen-bond acceptors (Lipinski definition) is 5. The number of benzene rings is 1. The lowest BCUT2D eigenvalue weighted by Crippen LogP contribution is -2.49. The van der Waals surface area contributed by atoms with Crippen LogP contribution in [0.1, 0.15) is 48.7 Å². The van der Waals surface area contributed by atoms with Gasteiger partial charge in [-0.2, -0.15) is 0 Å².